The van der Waals surface area contributed by atoms with Gasteiger partial charge in [-0.3, -0.25) is 4.79 Å². The standard InChI is InChI=1S/C21H24N2O2/c1-25-19-9-6-16(7-10-19)8-11-21(24)22-12-13-23-18(15-22)14-17-4-2-3-5-20(17)23/h2-7,9-10,18H,8,11-15H2,1H3. The summed E-state index contributed by atoms with van der Waals surface area (Å²) in [5.74, 6) is 1.12. The smallest absolute Gasteiger partial charge is 0.223 e. The van der Waals surface area contributed by atoms with E-state index < -0.39 is 0 Å². The van der Waals surface area contributed by atoms with E-state index in [0.717, 1.165) is 38.2 Å². The average molecular weight is 336 g/mol. The van der Waals surface area contributed by atoms with Crippen LogP contribution in [0.4, 0.5) is 5.69 Å². The summed E-state index contributed by atoms with van der Waals surface area (Å²) in [6.45, 7) is 2.61. The number of nitrogens with zero attached hydrogens (tertiary/aromatic N) is 2. The molecule has 0 aromatic heterocycles. The SMILES string of the molecule is COc1ccc(CCC(=O)N2CCN3c4ccccc4CC3C2)cc1. The van der Waals surface area contributed by atoms with E-state index >= 15 is 0 Å². The summed E-state index contributed by atoms with van der Waals surface area (Å²) in [6, 6.07) is 17.1. The van der Waals surface area contributed by atoms with Crippen molar-refractivity contribution in [3.8, 4) is 5.75 Å². The predicted molar refractivity (Wildman–Crippen MR) is 99.2 cm³/mol. The Kier molecular flexibility index (Phi) is 4.35. The number of carbonyl (C=O) groups excluding carboxylic acids is 1. The molecule has 1 unspecified atom stereocenters. The van der Waals surface area contributed by atoms with Crippen LogP contribution >= 0.6 is 0 Å². The van der Waals surface area contributed by atoms with E-state index in [1.165, 1.54) is 16.8 Å². The number of amides is 1. The van der Waals surface area contributed by atoms with E-state index in [2.05, 4.69) is 34.1 Å². The van der Waals surface area contributed by atoms with Crippen molar-refractivity contribution in [3.05, 3.63) is 59.7 Å². The summed E-state index contributed by atoms with van der Waals surface area (Å²) < 4.78 is 5.18. The Morgan fingerprint density at radius 3 is 2.72 bits per heavy atom. The fourth-order valence-electron chi connectivity index (χ4n) is 3.99. The highest BCUT2D eigenvalue weighted by Gasteiger charge is 2.35. The van der Waals surface area contributed by atoms with Crippen molar-refractivity contribution in [1.82, 2.24) is 4.90 Å². The number of piperazine rings is 1. The predicted octanol–water partition coefficient (Wildman–Crippen LogP) is 2.90. The van der Waals surface area contributed by atoms with Crippen molar-refractivity contribution < 1.29 is 9.53 Å². The van der Waals surface area contributed by atoms with Crippen LogP contribution in [0.5, 0.6) is 5.75 Å². The molecule has 2 aliphatic rings. The summed E-state index contributed by atoms with van der Waals surface area (Å²) in [5.41, 5.74) is 3.96. The van der Waals surface area contributed by atoms with Crippen LogP contribution in [0, 0.1) is 0 Å². The zero-order valence-corrected chi connectivity index (χ0v) is 14.6. The molecule has 0 spiro atoms. The van der Waals surface area contributed by atoms with E-state index in [4.69, 9.17) is 4.74 Å². The van der Waals surface area contributed by atoms with E-state index in [0.29, 0.717) is 12.5 Å². The summed E-state index contributed by atoms with van der Waals surface area (Å²) in [5, 5.41) is 0. The van der Waals surface area contributed by atoms with Crippen LogP contribution in [0.2, 0.25) is 0 Å². The van der Waals surface area contributed by atoms with Crippen molar-refractivity contribution in [1.29, 1.82) is 0 Å². The Bertz CT molecular complexity index is 757. The largest absolute Gasteiger partial charge is 0.497 e. The van der Waals surface area contributed by atoms with Crippen LogP contribution in [0.15, 0.2) is 48.5 Å². The number of carbonyl (C=O) groups is 1. The van der Waals surface area contributed by atoms with Gasteiger partial charge in [0.2, 0.25) is 5.91 Å². The highest BCUT2D eigenvalue weighted by atomic mass is 16.5. The Labute approximate surface area is 149 Å². The molecule has 25 heavy (non-hydrogen) atoms. The van der Waals surface area contributed by atoms with E-state index in [1.807, 2.05) is 24.3 Å². The minimum absolute atomic E-state index is 0.270. The molecule has 2 heterocycles. The topological polar surface area (TPSA) is 32.8 Å². The second-order valence-corrected chi connectivity index (χ2v) is 6.87. The molecule has 4 heteroatoms. The van der Waals surface area contributed by atoms with Gasteiger partial charge in [-0.1, -0.05) is 30.3 Å². The highest BCUT2D eigenvalue weighted by molar-refractivity contribution is 5.77. The number of rotatable bonds is 4. The van der Waals surface area contributed by atoms with Gasteiger partial charge < -0.3 is 14.5 Å². The molecule has 2 aromatic rings. The minimum Gasteiger partial charge on any atom is -0.497 e. The monoisotopic (exact) mass is 336 g/mol. The molecule has 4 rings (SSSR count). The van der Waals surface area contributed by atoms with Crippen LogP contribution in [0.3, 0.4) is 0 Å². The van der Waals surface area contributed by atoms with E-state index in [1.54, 1.807) is 7.11 Å². The summed E-state index contributed by atoms with van der Waals surface area (Å²) in [6.07, 6.45) is 2.42. The number of ether oxygens (including phenoxy) is 1. The third kappa shape index (κ3) is 3.21. The zero-order valence-electron chi connectivity index (χ0n) is 14.6. The number of benzene rings is 2. The third-order valence-corrected chi connectivity index (χ3v) is 5.38. The van der Waals surface area contributed by atoms with Gasteiger partial charge >= 0.3 is 0 Å². The fourth-order valence-corrected chi connectivity index (χ4v) is 3.99. The molecule has 0 aliphatic carbocycles. The average Bonchev–Trinajstić information content (AvgIpc) is 3.04. The van der Waals surface area contributed by atoms with Gasteiger partial charge in [-0.05, 0) is 42.2 Å². The van der Waals surface area contributed by atoms with Gasteiger partial charge in [-0.2, -0.15) is 0 Å². The van der Waals surface area contributed by atoms with Crippen molar-refractivity contribution in [2.24, 2.45) is 0 Å². The van der Waals surface area contributed by atoms with Crippen molar-refractivity contribution >= 4 is 11.6 Å². The molecule has 130 valence electrons. The lowest BCUT2D eigenvalue weighted by Gasteiger charge is -2.39. The van der Waals surface area contributed by atoms with Crippen LogP contribution in [-0.4, -0.2) is 43.6 Å². The Hall–Kier alpha value is -2.49. The number of hydrogen-bond donors (Lipinski definition) is 0. The molecular weight excluding hydrogens is 312 g/mol. The normalized spacial score (nSPS) is 18.7. The van der Waals surface area contributed by atoms with E-state index in [9.17, 15) is 4.79 Å². The van der Waals surface area contributed by atoms with Gasteiger partial charge in [0.15, 0.2) is 0 Å². The molecule has 1 saturated heterocycles. The first-order chi connectivity index (χ1) is 12.2. The Balaban J connectivity index is 1.33. The number of para-hydroxylation sites is 1. The molecule has 2 aromatic carbocycles. The lowest BCUT2D eigenvalue weighted by atomic mass is 10.1. The number of anilines is 1. The molecule has 4 nitrogen and oxygen atoms in total. The van der Waals surface area contributed by atoms with Crippen molar-refractivity contribution in [3.63, 3.8) is 0 Å². The lowest BCUT2D eigenvalue weighted by Crippen LogP contribution is -2.53. The number of aryl methyl sites for hydroxylation is 1. The molecule has 1 fully saturated rings. The second-order valence-electron chi connectivity index (χ2n) is 6.87. The molecular formula is C21H24N2O2. The molecule has 0 saturated carbocycles. The Morgan fingerprint density at radius 1 is 1.12 bits per heavy atom. The van der Waals surface area contributed by atoms with Gasteiger partial charge in [-0.25, -0.2) is 0 Å². The van der Waals surface area contributed by atoms with Gasteiger partial charge in [0.05, 0.1) is 13.2 Å². The van der Waals surface area contributed by atoms with Crippen LogP contribution in [0.25, 0.3) is 0 Å². The second kappa shape index (κ2) is 6.79. The highest BCUT2D eigenvalue weighted by Crippen LogP contribution is 2.33. The maximum absolute atomic E-state index is 12.6. The lowest BCUT2D eigenvalue weighted by molar-refractivity contribution is -0.131. The molecule has 1 atom stereocenters. The van der Waals surface area contributed by atoms with Gasteiger partial charge in [0, 0.05) is 31.7 Å². The quantitative estimate of drug-likeness (QED) is 0.861. The van der Waals surface area contributed by atoms with Gasteiger partial charge in [0.1, 0.15) is 5.75 Å². The molecule has 2 aliphatic heterocycles. The fraction of sp³-hybridized carbons (Fsp3) is 0.381. The minimum atomic E-state index is 0.270. The van der Waals surface area contributed by atoms with Gasteiger partial charge in [0.25, 0.3) is 0 Å². The number of methoxy groups -OCH3 is 1. The summed E-state index contributed by atoms with van der Waals surface area (Å²) in [4.78, 5) is 17.2. The first-order valence-corrected chi connectivity index (χ1v) is 9.00. The summed E-state index contributed by atoms with van der Waals surface area (Å²) in [7, 11) is 1.67. The zero-order chi connectivity index (χ0) is 17.2. The molecule has 1 amide bonds. The first kappa shape index (κ1) is 16.0. The molecule has 0 radical (unpaired) electrons. The number of fused-ring (bicyclic) bond motifs is 3. The van der Waals surface area contributed by atoms with Crippen molar-refractivity contribution in [2.45, 2.75) is 25.3 Å². The Morgan fingerprint density at radius 2 is 1.92 bits per heavy atom. The van der Waals surface area contributed by atoms with Crippen LogP contribution < -0.4 is 9.64 Å². The van der Waals surface area contributed by atoms with Crippen LogP contribution in [0.1, 0.15) is 17.5 Å². The first-order valence-electron chi connectivity index (χ1n) is 9.00. The molecule has 0 bridgehead atoms. The maximum Gasteiger partial charge on any atom is 0.223 e. The molecule has 0 N–H and O–H groups in total. The number of hydrogen-bond acceptors (Lipinski definition) is 3. The third-order valence-electron chi connectivity index (χ3n) is 5.38. The summed E-state index contributed by atoms with van der Waals surface area (Å²) >= 11 is 0. The van der Waals surface area contributed by atoms with Crippen LogP contribution in [-0.2, 0) is 17.6 Å². The van der Waals surface area contributed by atoms with Crippen molar-refractivity contribution in [2.75, 3.05) is 31.6 Å². The van der Waals surface area contributed by atoms with Gasteiger partial charge in [-0.15, -0.1) is 0 Å². The maximum atomic E-state index is 12.6. The van der Waals surface area contributed by atoms with E-state index in [-0.39, 0.29) is 5.91 Å².